The van der Waals surface area contributed by atoms with Gasteiger partial charge in [0.05, 0.1) is 0 Å². The number of nitrogens with one attached hydrogen (secondary N) is 1. The first-order chi connectivity index (χ1) is 7.66. The number of carbonyl (C=O) groups excluding carboxylic acids is 1. The summed E-state index contributed by atoms with van der Waals surface area (Å²) in [7, 11) is 0. The fourth-order valence-electron chi connectivity index (χ4n) is 1.42. The van der Waals surface area contributed by atoms with Crippen molar-refractivity contribution in [2.45, 2.75) is 19.8 Å². The fourth-order valence-corrected chi connectivity index (χ4v) is 1.92. The summed E-state index contributed by atoms with van der Waals surface area (Å²) in [6, 6.07) is 5.76. The van der Waals surface area contributed by atoms with Crippen molar-refractivity contribution in [2.75, 3.05) is 13.1 Å². The molecule has 0 saturated heterocycles. The number of benzene rings is 1. The molecule has 0 fully saturated rings. The third-order valence-corrected chi connectivity index (χ3v) is 3.60. The zero-order chi connectivity index (χ0) is 12.0. The minimum atomic E-state index is 0. The molecule has 0 heterocycles. The van der Waals surface area contributed by atoms with Crippen LogP contribution >= 0.6 is 35.0 Å². The van der Waals surface area contributed by atoms with Crippen LogP contribution in [0, 0.1) is 10.5 Å². The van der Waals surface area contributed by atoms with E-state index in [9.17, 15) is 4.79 Å². The first-order valence-corrected chi connectivity index (χ1v) is 6.48. The second-order valence-corrected chi connectivity index (χ2v) is 4.83. The smallest absolute Gasteiger partial charge is 0.251 e. The van der Waals surface area contributed by atoms with Crippen LogP contribution in [0.1, 0.15) is 28.8 Å². The topological polar surface area (TPSA) is 55.1 Å². The Morgan fingerprint density at radius 2 is 2.12 bits per heavy atom. The second kappa shape index (κ2) is 8.72. The molecule has 0 unspecified atom stereocenters. The predicted molar refractivity (Wildman–Crippen MR) is 81.8 cm³/mol. The van der Waals surface area contributed by atoms with E-state index in [0.717, 1.165) is 27.5 Å². The van der Waals surface area contributed by atoms with Crippen LogP contribution in [0.5, 0.6) is 0 Å². The van der Waals surface area contributed by atoms with Crippen molar-refractivity contribution in [3.8, 4) is 0 Å². The van der Waals surface area contributed by atoms with Crippen molar-refractivity contribution in [1.29, 1.82) is 0 Å². The molecule has 17 heavy (non-hydrogen) atoms. The lowest BCUT2D eigenvalue weighted by Gasteiger charge is -2.08. The molecule has 1 amide bonds. The summed E-state index contributed by atoms with van der Waals surface area (Å²) in [5.74, 6) is 0.00744. The first-order valence-electron chi connectivity index (χ1n) is 5.40. The molecule has 0 spiro atoms. The molecule has 0 atom stereocenters. The lowest BCUT2D eigenvalue weighted by molar-refractivity contribution is 0.0952. The molecule has 0 saturated carbocycles. The van der Waals surface area contributed by atoms with Crippen molar-refractivity contribution < 1.29 is 4.79 Å². The Morgan fingerprint density at radius 1 is 1.41 bits per heavy atom. The Morgan fingerprint density at radius 3 is 2.76 bits per heavy atom. The van der Waals surface area contributed by atoms with Gasteiger partial charge in [0.25, 0.3) is 5.91 Å². The number of nitrogens with two attached hydrogens (primary N) is 1. The van der Waals surface area contributed by atoms with E-state index in [2.05, 4.69) is 27.9 Å². The number of hydrogen-bond donors (Lipinski definition) is 2. The van der Waals surface area contributed by atoms with Crippen LogP contribution in [0.15, 0.2) is 18.2 Å². The standard InChI is InChI=1S/C12H17IN2O.ClH/c1-9-10(5-4-6-11(9)13)12(16)15-8-3-2-7-14;/h4-6H,2-3,7-8,14H2,1H3,(H,15,16);1H. The molecule has 1 rings (SSSR count). The van der Waals surface area contributed by atoms with E-state index >= 15 is 0 Å². The van der Waals surface area contributed by atoms with E-state index < -0.39 is 0 Å². The van der Waals surface area contributed by atoms with Gasteiger partial charge < -0.3 is 11.1 Å². The predicted octanol–water partition coefficient (Wildman–Crippen LogP) is 2.49. The van der Waals surface area contributed by atoms with E-state index in [0.29, 0.717) is 13.1 Å². The highest BCUT2D eigenvalue weighted by Gasteiger charge is 2.09. The first kappa shape index (κ1) is 16.7. The van der Waals surface area contributed by atoms with Crippen molar-refractivity contribution in [3.05, 3.63) is 32.9 Å². The Hall–Kier alpha value is -0.330. The molecule has 0 bridgehead atoms. The van der Waals surface area contributed by atoms with Crippen LogP contribution in [-0.2, 0) is 0 Å². The van der Waals surface area contributed by atoms with Gasteiger partial charge >= 0.3 is 0 Å². The molecule has 0 aromatic heterocycles. The van der Waals surface area contributed by atoms with Gasteiger partial charge in [-0.2, -0.15) is 0 Å². The second-order valence-electron chi connectivity index (χ2n) is 3.66. The molecule has 1 aromatic rings. The van der Waals surface area contributed by atoms with Gasteiger partial charge in [-0.3, -0.25) is 4.79 Å². The summed E-state index contributed by atoms with van der Waals surface area (Å²) >= 11 is 2.24. The van der Waals surface area contributed by atoms with Gasteiger partial charge in [0.1, 0.15) is 0 Å². The van der Waals surface area contributed by atoms with Gasteiger partial charge in [-0.15, -0.1) is 12.4 Å². The lowest BCUT2D eigenvalue weighted by Crippen LogP contribution is -2.25. The van der Waals surface area contributed by atoms with E-state index in [1.54, 1.807) is 0 Å². The third-order valence-electron chi connectivity index (χ3n) is 2.43. The van der Waals surface area contributed by atoms with Gasteiger partial charge in [-0.05, 0) is 66.6 Å². The molecule has 0 aliphatic rings. The van der Waals surface area contributed by atoms with Crippen molar-refractivity contribution in [3.63, 3.8) is 0 Å². The molecule has 0 radical (unpaired) electrons. The summed E-state index contributed by atoms with van der Waals surface area (Å²) in [6.07, 6.45) is 1.89. The Labute approximate surface area is 122 Å². The molecular weight excluding hydrogens is 351 g/mol. The summed E-state index contributed by atoms with van der Waals surface area (Å²) in [5, 5.41) is 2.90. The van der Waals surface area contributed by atoms with Crippen LogP contribution < -0.4 is 11.1 Å². The largest absolute Gasteiger partial charge is 0.352 e. The van der Waals surface area contributed by atoms with Gasteiger partial charge in [0, 0.05) is 15.7 Å². The minimum absolute atomic E-state index is 0. The quantitative estimate of drug-likeness (QED) is 0.620. The Balaban J connectivity index is 0.00000256. The Bertz CT molecular complexity index is 372. The average molecular weight is 369 g/mol. The molecule has 0 aliphatic heterocycles. The highest BCUT2D eigenvalue weighted by Crippen LogP contribution is 2.15. The number of unbranched alkanes of at least 4 members (excludes halogenated alkanes) is 1. The number of hydrogen-bond acceptors (Lipinski definition) is 2. The van der Waals surface area contributed by atoms with E-state index in [4.69, 9.17) is 5.73 Å². The maximum atomic E-state index is 11.8. The molecule has 96 valence electrons. The minimum Gasteiger partial charge on any atom is -0.352 e. The number of halogens is 2. The van der Waals surface area contributed by atoms with Crippen molar-refractivity contribution in [2.24, 2.45) is 5.73 Å². The van der Waals surface area contributed by atoms with Crippen LogP contribution in [0.3, 0.4) is 0 Å². The number of amides is 1. The Kier molecular flexibility index (Phi) is 8.55. The molecular formula is C12H18ClIN2O. The zero-order valence-electron chi connectivity index (χ0n) is 9.83. The number of rotatable bonds is 5. The highest BCUT2D eigenvalue weighted by atomic mass is 127. The maximum absolute atomic E-state index is 11.8. The zero-order valence-corrected chi connectivity index (χ0v) is 12.8. The van der Waals surface area contributed by atoms with Crippen molar-refractivity contribution in [1.82, 2.24) is 5.32 Å². The number of carbonyl (C=O) groups is 1. The normalized spacial score (nSPS) is 9.59. The van der Waals surface area contributed by atoms with Crippen LogP contribution in [0.25, 0.3) is 0 Å². The molecule has 1 aromatic carbocycles. The van der Waals surface area contributed by atoms with Gasteiger partial charge in [-0.25, -0.2) is 0 Å². The monoisotopic (exact) mass is 368 g/mol. The van der Waals surface area contributed by atoms with Crippen LogP contribution in [-0.4, -0.2) is 19.0 Å². The molecule has 0 aliphatic carbocycles. The highest BCUT2D eigenvalue weighted by molar-refractivity contribution is 14.1. The SMILES string of the molecule is Cc1c(I)cccc1C(=O)NCCCCN.Cl. The van der Waals surface area contributed by atoms with Crippen molar-refractivity contribution >= 4 is 40.9 Å². The summed E-state index contributed by atoms with van der Waals surface area (Å²) in [6.45, 7) is 3.34. The molecule has 5 heteroatoms. The molecule has 3 N–H and O–H groups in total. The van der Waals surface area contributed by atoms with Crippen LogP contribution in [0.2, 0.25) is 0 Å². The summed E-state index contributed by atoms with van der Waals surface area (Å²) < 4.78 is 1.12. The summed E-state index contributed by atoms with van der Waals surface area (Å²) in [5.41, 5.74) is 7.19. The van der Waals surface area contributed by atoms with E-state index in [1.807, 2.05) is 25.1 Å². The molecule has 3 nitrogen and oxygen atoms in total. The van der Waals surface area contributed by atoms with E-state index in [1.165, 1.54) is 0 Å². The van der Waals surface area contributed by atoms with Gasteiger partial charge in [0.15, 0.2) is 0 Å². The average Bonchev–Trinajstić information content (AvgIpc) is 2.28. The van der Waals surface area contributed by atoms with Crippen LogP contribution in [0.4, 0.5) is 0 Å². The van der Waals surface area contributed by atoms with E-state index in [-0.39, 0.29) is 18.3 Å². The fraction of sp³-hybridized carbons (Fsp3) is 0.417. The third kappa shape index (κ3) is 5.23. The maximum Gasteiger partial charge on any atom is 0.251 e. The van der Waals surface area contributed by atoms with Gasteiger partial charge in [-0.1, -0.05) is 6.07 Å². The lowest BCUT2D eigenvalue weighted by atomic mass is 10.1. The summed E-state index contributed by atoms with van der Waals surface area (Å²) in [4.78, 5) is 11.8. The van der Waals surface area contributed by atoms with Gasteiger partial charge in [0.2, 0.25) is 0 Å².